The highest BCUT2D eigenvalue weighted by molar-refractivity contribution is 5.49. The van der Waals surface area contributed by atoms with Gasteiger partial charge < -0.3 is 15.2 Å². The number of aliphatic hydroxyl groups excluding tert-OH is 1. The number of hydrogen-bond donors (Lipinski definition) is 2. The predicted octanol–water partition coefficient (Wildman–Crippen LogP) is 0.847. The van der Waals surface area contributed by atoms with Crippen molar-refractivity contribution in [3.8, 4) is 0 Å². The van der Waals surface area contributed by atoms with Crippen molar-refractivity contribution in [1.29, 1.82) is 0 Å². The van der Waals surface area contributed by atoms with Crippen LogP contribution in [0.5, 0.6) is 0 Å². The first-order chi connectivity index (χ1) is 8.70. The summed E-state index contributed by atoms with van der Waals surface area (Å²) < 4.78 is 6.60. The van der Waals surface area contributed by atoms with Gasteiger partial charge in [0.15, 0.2) is 5.65 Å². The molecule has 2 aromatic rings. The van der Waals surface area contributed by atoms with Crippen LogP contribution in [0, 0.1) is 6.92 Å². The molecule has 0 radical (unpaired) electrons. The molecule has 18 heavy (non-hydrogen) atoms. The Morgan fingerprint density at radius 3 is 3.11 bits per heavy atom. The van der Waals surface area contributed by atoms with Crippen molar-refractivity contribution < 1.29 is 9.84 Å². The summed E-state index contributed by atoms with van der Waals surface area (Å²) in [5.74, 6) is 0.578. The molecule has 1 unspecified atom stereocenters. The van der Waals surface area contributed by atoms with E-state index in [0.717, 1.165) is 11.2 Å². The zero-order chi connectivity index (χ0) is 13.0. The molecular weight excluding hydrogens is 232 g/mol. The van der Waals surface area contributed by atoms with Crippen LogP contribution >= 0.6 is 0 Å². The number of aliphatic hydroxyl groups is 1. The number of aryl methyl sites for hydroxylation is 1. The molecule has 0 aromatic carbocycles. The van der Waals surface area contributed by atoms with Gasteiger partial charge in [-0.2, -0.15) is 4.98 Å². The molecule has 0 aliphatic carbocycles. The van der Waals surface area contributed by atoms with E-state index in [9.17, 15) is 5.11 Å². The van der Waals surface area contributed by atoms with Crippen LogP contribution in [0.4, 0.5) is 5.95 Å². The summed E-state index contributed by atoms with van der Waals surface area (Å²) in [7, 11) is 1.57. The van der Waals surface area contributed by atoms with Crippen LogP contribution in [-0.2, 0) is 4.74 Å². The fraction of sp³-hybridized carbons (Fsp3) is 0.500. The number of ether oxygens (including phenoxy) is 1. The Morgan fingerprint density at radius 1 is 1.56 bits per heavy atom. The van der Waals surface area contributed by atoms with Crippen molar-refractivity contribution in [2.24, 2.45) is 0 Å². The van der Waals surface area contributed by atoms with Gasteiger partial charge in [-0.3, -0.25) is 0 Å². The minimum absolute atomic E-state index is 0.347. The molecule has 0 spiro atoms. The van der Waals surface area contributed by atoms with E-state index < -0.39 is 6.10 Å². The highest BCUT2D eigenvalue weighted by atomic mass is 16.5. The zero-order valence-corrected chi connectivity index (χ0v) is 10.6. The average Bonchev–Trinajstić information content (AvgIpc) is 2.74. The number of methoxy groups -OCH3 is 1. The van der Waals surface area contributed by atoms with Crippen molar-refractivity contribution in [3.05, 3.63) is 23.9 Å². The summed E-state index contributed by atoms with van der Waals surface area (Å²) >= 11 is 0. The van der Waals surface area contributed by atoms with E-state index in [-0.39, 0.29) is 0 Å². The molecule has 0 aliphatic heterocycles. The Morgan fingerprint density at radius 2 is 2.39 bits per heavy atom. The van der Waals surface area contributed by atoms with E-state index in [4.69, 9.17) is 4.74 Å². The van der Waals surface area contributed by atoms with Gasteiger partial charge in [0.2, 0.25) is 5.95 Å². The number of pyridine rings is 1. The van der Waals surface area contributed by atoms with Crippen molar-refractivity contribution in [3.63, 3.8) is 0 Å². The summed E-state index contributed by atoms with van der Waals surface area (Å²) in [5.41, 5.74) is 1.93. The summed E-state index contributed by atoms with van der Waals surface area (Å²) in [6.07, 6.45) is 2.00. The molecule has 6 nitrogen and oxygen atoms in total. The summed E-state index contributed by atoms with van der Waals surface area (Å²) in [5, 5.41) is 16.9. The number of hydrogen-bond acceptors (Lipinski definition) is 5. The Labute approximate surface area is 106 Å². The van der Waals surface area contributed by atoms with E-state index in [1.54, 1.807) is 11.6 Å². The average molecular weight is 250 g/mol. The van der Waals surface area contributed by atoms with Crippen LogP contribution in [0.25, 0.3) is 5.65 Å². The van der Waals surface area contributed by atoms with Crippen LogP contribution in [-0.4, -0.2) is 46.1 Å². The van der Waals surface area contributed by atoms with Gasteiger partial charge in [-0.1, -0.05) is 6.07 Å². The molecule has 2 aromatic heterocycles. The topological polar surface area (TPSA) is 71.7 Å². The van der Waals surface area contributed by atoms with Crippen molar-refractivity contribution in [2.75, 3.05) is 25.6 Å². The summed E-state index contributed by atoms with van der Waals surface area (Å²) in [6, 6.07) is 3.93. The second-order valence-corrected chi connectivity index (χ2v) is 4.22. The SMILES string of the molecule is COCC(O)CCNc1nc2c(C)cccn2n1. The van der Waals surface area contributed by atoms with Crippen molar-refractivity contribution >= 4 is 11.6 Å². The lowest BCUT2D eigenvalue weighted by atomic mass is 10.3. The smallest absolute Gasteiger partial charge is 0.243 e. The van der Waals surface area contributed by atoms with E-state index in [1.165, 1.54) is 0 Å². The molecule has 2 N–H and O–H groups in total. The third-order valence-electron chi connectivity index (χ3n) is 2.68. The molecule has 0 saturated carbocycles. The van der Waals surface area contributed by atoms with E-state index in [0.29, 0.717) is 25.5 Å². The molecular formula is C12H18N4O2. The maximum atomic E-state index is 9.50. The van der Waals surface area contributed by atoms with Gasteiger partial charge >= 0.3 is 0 Å². The van der Waals surface area contributed by atoms with Gasteiger partial charge in [-0.15, -0.1) is 5.10 Å². The van der Waals surface area contributed by atoms with Gasteiger partial charge in [-0.25, -0.2) is 4.52 Å². The molecule has 0 fully saturated rings. The third-order valence-corrected chi connectivity index (χ3v) is 2.68. The number of rotatable bonds is 6. The van der Waals surface area contributed by atoms with Crippen molar-refractivity contribution in [2.45, 2.75) is 19.4 Å². The van der Waals surface area contributed by atoms with E-state index >= 15 is 0 Å². The second-order valence-electron chi connectivity index (χ2n) is 4.22. The number of anilines is 1. The van der Waals surface area contributed by atoms with Crippen LogP contribution in [0.3, 0.4) is 0 Å². The first-order valence-corrected chi connectivity index (χ1v) is 5.93. The largest absolute Gasteiger partial charge is 0.391 e. The first-order valence-electron chi connectivity index (χ1n) is 5.93. The van der Waals surface area contributed by atoms with Gasteiger partial charge in [0.25, 0.3) is 0 Å². The highest BCUT2D eigenvalue weighted by Gasteiger charge is 2.06. The zero-order valence-electron chi connectivity index (χ0n) is 10.6. The molecule has 0 amide bonds. The minimum atomic E-state index is -0.457. The second kappa shape index (κ2) is 5.79. The Hall–Kier alpha value is -1.66. The molecule has 6 heteroatoms. The minimum Gasteiger partial charge on any atom is -0.391 e. The Kier molecular flexibility index (Phi) is 4.11. The number of fused-ring (bicyclic) bond motifs is 1. The number of aromatic nitrogens is 3. The molecule has 0 aliphatic rings. The van der Waals surface area contributed by atoms with Crippen LogP contribution < -0.4 is 5.32 Å². The number of nitrogens with zero attached hydrogens (tertiary/aromatic N) is 3. The summed E-state index contributed by atoms with van der Waals surface area (Å²) in [4.78, 5) is 4.38. The Balaban J connectivity index is 1.94. The van der Waals surface area contributed by atoms with E-state index in [2.05, 4.69) is 15.4 Å². The lowest BCUT2D eigenvalue weighted by Crippen LogP contribution is -2.18. The molecule has 2 heterocycles. The monoisotopic (exact) mass is 250 g/mol. The lowest BCUT2D eigenvalue weighted by molar-refractivity contribution is 0.0615. The first kappa shape index (κ1) is 12.8. The van der Waals surface area contributed by atoms with Crippen LogP contribution in [0.15, 0.2) is 18.3 Å². The normalized spacial score (nSPS) is 12.8. The maximum Gasteiger partial charge on any atom is 0.243 e. The Bertz CT molecular complexity index is 512. The van der Waals surface area contributed by atoms with Crippen LogP contribution in [0.1, 0.15) is 12.0 Å². The van der Waals surface area contributed by atoms with Gasteiger partial charge in [-0.05, 0) is 25.0 Å². The molecule has 2 rings (SSSR count). The van der Waals surface area contributed by atoms with Gasteiger partial charge in [0.05, 0.1) is 12.7 Å². The number of nitrogens with one attached hydrogen (secondary N) is 1. The molecule has 0 saturated heterocycles. The van der Waals surface area contributed by atoms with Crippen molar-refractivity contribution in [1.82, 2.24) is 14.6 Å². The molecule has 0 bridgehead atoms. The fourth-order valence-electron chi connectivity index (χ4n) is 1.74. The summed E-state index contributed by atoms with van der Waals surface area (Å²) in [6.45, 7) is 2.95. The standard InChI is InChI=1S/C12H18N4O2/c1-9-4-3-7-16-11(9)14-12(15-16)13-6-5-10(17)8-18-2/h3-4,7,10,17H,5-6,8H2,1-2H3,(H,13,15). The predicted molar refractivity (Wildman–Crippen MR) is 68.7 cm³/mol. The van der Waals surface area contributed by atoms with Gasteiger partial charge in [0, 0.05) is 19.9 Å². The quantitative estimate of drug-likeness (QED) is 0.795. The fourth-order valence-corrected chi connectivity index (χ4v) is 1.74. The third kappa shape index (κ3) is 2.96. The lowest BCUT2D eigenvalue weighted by Gasteiger charge is -2.08. The van der Waals surface area contributed by atoms with Crippen LogP contribution in [0.2, 0.25) is 0 Å². The van der Waals surface area contributed by atoms with E-state index in [1.807, 2.05) is 25.3 Å². The maximum absolute atomic E-state index is 9.50. The molecule has 1 atom stereocenters. The van der Waals surface area contributed by atoms with Gasteiger partial charge in [0.1, 0.15) is 0 Å². The molecule has 98 valence electrons. The highest BCUT2D eigenvalue weighted by Crippen LogP contribution is 2.09.